The highest BCUT2D eigenvalue weighted by atomic mass is 32.3. The first-order valence-corrected chi connectivity index (χ1v) is 5.22. The van der Waals surface area contributed by atoms with Crippen molar-refractivity contribution in [2.45, 2.75) is 12.2 Å². The third-order valence-electron chi connectivity index (χ3n) is 1.65. The number of cyclic esters (lactones) is 1. The van der Waals surface area contributed by atoms with Crippen LogP contribution in [0.15, 0.2) is 11.5 Å². The fourth-order valence-corrected chi connectivity index (χ4v) is 1.35. The Kier molecular flexibility index (Phi) is 3.26. The lowest BCUT2D eigenvalue weighted by molar-refractivity contribution is -0.159. The van der Waals surface area contributed by atoms with Gasteiger partial charge in [-0.3, -0.25) is 4.55 Å². The zero-order valence-corrected chi connectivity index (χ0v) is 8.62. The number of aliphatic carboxylic acids is 1. The molecule has 1 aliphatic rings. The summed E-state index contributed by atoms with van der Waals surface area (Å²) in [5, 5.41) is 26.6. The van der Waals surface area contributed by atoms with Crippen LogP contribution in [0.2, 0.25) is 0 Å². The van der Waals surface area contributed by atoms with Crippen LogP contribution in [0, 0.1) is 0 Å². The van der Waals surface area contributed by atoms with Crippen LogP contribution < -0.4 is 0 Å². The lowest BCUT2D eigenvalue weighted by Gasteiger charge is -2.12. The van der Waals surface area contributed by atoms with Crippen LogP contribution in [0.5, 0.6) is 0 Å². The molecule has 0 bridgehead atoms. The zero-order valence-electron chi connectivity index (χ0n) is 7.80. The molecule has 0 fully saturated rings. The minimum atomic E-state index is -5.09. The van der Waals surface area contributed by atoms with Gasteiger partial charge in [-0.1, -0.05) is 0 Å². The molecule has 17 heavy (non-hydrogen) atoms. The molecule has 4 N–H and O–H groups in total. The summed E-state index contributed by atoms with van der Waals surface area (Å²) in [6, 6.07) is 0. The van der Waals surface area contributed by atoms with Crippen molar-refractivity contribution in [3.8, 4) is 0 Å². The second kappa shape index (κ2) is 4.20. The van der Waals surface area contributed by atoms with E-state index in [2.05, 4.69) is 8.92 Å². The highest BCUT2D eigenvalue weighted by molar-refractivity contribution is 7.81. The maximum absolute atomic E-state index is 11.0. The smallest absolute Gasteiger partial charge is 0.446 e. The summed E-state index contributed by atoms with van der Waals surface area (Å²) in [6.07, 6.45) is -4.31. The Morgan fingerprint density at radius 2 is 2.00 bits per heavy atom. The van der Waals surface area contributed by atoms with Crippen LogP contribution >= 0.6 is 0 Å². The van der Waals surface area contributed by atoms with Crippen LogP contribution in [-0.4, -0.2) is 52.4 Å². The van der Waals surface area contributed by atoms with E-state index < -0.39 is 46.1 Å². The topological polar surface area (TPSA) is 168 Å². The Balaban J connectivity index is 3.04. The van der Waals surface area contributed by atoms with Gasteiger partial charge < -0.3 is 24.2 Å². The molecule has 0 aromatic heterocycles. The van der Waals surface area contributed by atoms with Crippen molar-refractivity contribution in [1.82, 2.24) is 0 Å². The van der Waals surface area contributed by atoms with Crippen LogP contribution in [0.3, 0.4) is 0 Å². The number of aliphatic hydroxyl groups is 2. The summed E-state index contributed by atoms with van der Waals surface area (Å²) in [5.41, 5.74) is 0. The lowest BCUT2D eigenvalue weighted by atomic mass is 10.2. The fourth-order valence-electron chi connectivity index (χ4n) is 0.984. The highest BCUT2D eigenvalue weighted by Crippen LogP contribution is 2.25. The van der Waals surface area contributed by atoms with Gasteiger partial charge in [0.1, 0.15) is 0 Å². The number of carboxylic acids is 1. The van der Waals surface area contributed by atoms with Crippen molar-refractivity contribution in [2.24, 2.45) is 0 Å². The lowest BCUT2D eigenvalue weighted by Crippen LogP contribution is -2.35. The third kappa shape index (κ3) is 2.83. The number of carbonyl (C=O) groups is 2. The molecule has 0 aromatic rings. The molecule has 0 amide bonds. The van der Waals surface area contributed by atoms with E-state index in [1.807, 2.05) is 0 Å². The molecule has 2 atom stereocenters. The number of carbonyl (C=O) groups excluding carboxylic acids is 1. The number of carboxylic acid groups (broad SMARTS) is 1. The Hall–Kier alpha value is -1.85. The fraction of sp³-hybridized carbons (Fsp3) is 0.333. The predicted molar refractivity (Wildman–Crippen MR) is 45.8 cm³/mol. The Morgan fingerprint density at radius 1 is 1.47 bits per heavy atom. The number of aliphatic hydroxyl groups excluding tert-OH is 2. The SMILES string of the molecule is O=C1O[C@H]([C@@H](O)C(=O)O)C(O)=C1OS(=O)(=O)O. The standard InChI is InChI=1S/C6H6O10S/c7-1-3(2(8)5(9)10)15-6(11)4(1)16-17(12,13)14/h2-3,7-8H,(H,9,10)(H,12,13,14)/t2-,3+/m1/s1. The average molecular weight is 270 g/mol. The molecule has 0 unspecified atom stereocenters. The van der Waals surface area contributed by atoms with Crippen LogP contribution in [0.4, 0.5) is 0 Å². The van der Waals surface area contributed by atoms with Crippen LogP contribution in [0.1, 0.15) is 0 Å². The van der Waals surface area contributed by atoms with Gasteiger partial charge in [-0.15, -0.1) is 0 Å². The van der Waals surface area contributed by atoms with Gasteiger partial charge >= 0.3 is 22.3 Å². The van der Waals surface area contributed by atoms with Crippen molar-refractivity contribution in [3.05, 3.63) is 11.5 Å². The first-order valence-electron chi connectivity index (χ1n) is 3.85. The summed E-state index contributed by atoms with van der Waals surface area (Å²) in [7, 11) is -5.09. The third-order valence-corrected chi connectivity index (χ3v) is 2.03. The van der Waals surface area contributed by atoms with Gasteiger partial charge in [-0.2, -0.15) is 8.42 Å². The van der Waals surface area contributed by atoms with E-state index in [0.717, 1.165) is 0 Å². The van der Waals surface area contributed by atoms with Gasteiger partial charge in [0.15, 0.2) is 18.0 Å². The number of hydrogen-bond donors (Lipinski definition) is 4. The van der Waals surface area contributed by atoms with E-state index in [1.54, 1.807) is 0 Å². The number of esters is 1. The maximum atomic E-state index is 11.0. The second-order valence-electron chi connectivity index (χ2n) is 2.83. The molecule has 1 aliphatic heterocycles. The van der Waals surface area contributed by atoms with Gasteiger partial charge in [0, 0.05) is 0 Å². The van der Waals surface area contributed by atoms with Gasteiger partial charge in [0.05, 0.1) is 0 Å². The van der Waals surface area contributed by atoms with E-state index in [1.165, 1.54) is 0 Å². The second-order valence-corrected chi connectivity index (χ2v) is 3.86. The summed E-state index contributed by atoms with van der Waals surface area (Å²) in [4.78, 5) is 21.3. The minimum Gasteiger partial charge on any atom is -0.505 e. The molecule has 0 saturated heterocycles. The molecule has 10 nitrogen and oxygen atoms in total. The van der Waals surface area contributed by atoms with E-state index in [4.69, 9.17) is 14.8 Å². The van der Waals surface area contributed by atoms with Crippen LogP contribution in [-0.2, 0) is 28.9 Å². The molecule has 96 valence electrons. The number of hydrogen-bond acceptors (Lipinski definition) is 8. The summed E-state index contributed by atoms with van der Waals surface area (Å²) in [5.74, 6) is -5.91. The molecule has 11 heteroatoms. The van der Waals surface area contributed by atoms with Gasteiger partial charge in [-0.05, 0) is 0 Å². The molecule has 0 spiro atoms. The Morgan fingerprint density at radius 3 is 2.41 bits per heavy atom. The van der Waals surface area contributed by atoms with E-state index in [9.17, 15) is 23.1 Å². The Bertz CT molecular complexity index is 487. The van der Waals surface area contributed by atoms with Crippen molar-refractivity contribution in [1.29, 1.82) is 0 Å². The van der Waals surface area contributed by atoms with Crippen molar-refractivity contribution in [2.75, 3.05) is 0 Å². The molecule has 1 heterocycles. The van der Waals surface area contributed by atoms with E-state index in [0.29, 0.717) is 0 Å². The molecule has 0 aromatic carbocycles. The van der Waals surface area contributed by atoms with E-state index in [-0.39, 0.29) is 0 Å². The summed E-state index contributed by atoms with van der Waals surface area (Å²) < 4.78 is 36.7. The van der Waals surface area contributed by atoms with Gasteiger partial charge in [0.2, 0.25) is 0 Å². The maximum Gasteiger partial charge on any atom is 0.446 e. The predicted octanol–water partition coefficient (Wildman–Crippen LogP) is -2.05. The Labute approximate surface area is 93.6 Å². The highest BCUT2D eigenvalue weighted by Gasteiger charge is 2.44. The van der Waals surface area contributed by atoms with Gasteiger partial charge in [-0.25, -0.2) is 9.59 Å². The molecule has 0 saturated carbocycles. The van der Waals surface area contributed by atoms with E-state index >= 15 is 0 Å². The molecule has 0 aliphatic carbocycles. The molecule has 1 rings (SSSR count). The van der Waals surface area contributed by atoms with Crippen molar-refractivity contribution < 1.29 is 46.8 Å². The monoisotopic (exact) mass is 270 g/mol. The van der Waals surface area contributed by atoms with Crippen molar-refractivity contribution in [3.63, 3.8) is 0 Å². The normalized spacial score (nSPS) is 22.2. The van der Waals surface area contributed by atoms with Crippen LogP contribution in [0.25, 0.3) is 0 Å². The van der Waals surface area contributed by atoms with Crippen molar-refractivity contribution >= 4 is 22.3 Å². The number of ether oxygens (including phenoxy) is 1. The number of rotatable bonds is 4. The summed E-state index contributed by atoms with van der Waals surface area (Å²) in [6.45, 7) is 0. The molecular weight excluding hydrogens is 264 g/mol. The largest absolute Gasteiger partial charge is 0.505 e. The molecular formula is C6H6O10S. The average Bonchev–Trinajstić information content (AvgIpc) is 2.42. The molecule has 0 radical (unpaired) electrons. The quantitative estimate of drug-likeness (QED) is 0.329. The first-order chi connectivity index (χ1) is 7.63. The minimum absolute atomic E-state index is 1.25. The zero-order chi connectivity index (χ0) is 13.4. The summed E-state index contributed by atoms with van der Waals surface area (Å²) >= 11 is 0. The van der Waals surface area contributed by atoms with Gasteiger partial charge in [0.25, 0.3) is 5.76 Å². The first kappa shape index (κ1) is 13.2.